The van der Waals surface area contributed by atoms with E-state index in [1.54, 1.807) is 31.2 Å². The molecule has 7 nitrogen and oxygen atoms in total. The molecule has 0 aliphatic carbocycles. The van der Waals surface area contributed by atoms with Crippen molar-refractivity contribution in [2.75, 3.05) is 0 Å². The van der Waals surface area contributed by atoms with Crippen LogP contribution in [0.3, 0.4) is 0 Å². The lowest BCUT2D eigenvalue weighted by atomic mass is 9.85. The monoisotopic (exact) mass is 428 g/mol. The summed E-state index contributed by atoms with van der Waals surface area (Å²) in [6, 6.07) is 0. The lowest BCUT2D eigenvalue weighted by Gasteiger charge is -2.31. The van der Waals surface area contributed by atoms with Gasteiger partial charge in [0, 0.05) is 17.9 Å². The van der Waals surface area contributed by atoms with Gasteiger partial charge in [-0.3, -0.25) is 4.55 Å². The molecule has 0 saturated heterocycles. The van der Waals surface area contributed by atoms with Gasteiger partial charge in [-0.1, -0.05) is 63.3 Å². The highest BCUT2D eigenvalue weighted by atomic mass is 32.3. The quantitative estimate of drug-likeness (QED) is 0.295. The van der Waals surface area contributed by atoms with Crippen LogP contribution in [0, 0.1) is 17.8 Å². The van der Waals surface area contributed by atoms with Crippen LogP contribution in [0.5, 0.6) is 0 Å². The van der Waals surface area contributed by atoms with Crippen LogP contribution in [-0.4, -0.2) is 42.4 Å². The van der Waals surface area contributed by atoms with Crippen LogP contribution >= 0.6 is 0 Å². The third kappa shape index (κ3) is 9.54. The first kappa shape index (κ1) is 25.3. The van der Waals surface area contributed by atoms with Gasteiger partial charge in [0.2, 0.25) is 0 Å². The van der Waals surface area contributed by atoms with Gasteiger partial charge in [0.25, 0.3) is 0 Å². The van der Waals surface area contributed by atoms with Gasteiger partial charge in [-0.2, -0.15) is 8.42 Å². The molecule has 0 radical (unpaired) electrons. The Morgan fingerprint density at radius 3 is 2.48 bits per heavy atom. The second kappa shape index (κ2) is 12.1. The molecule has 0 bridgehead atoms. The molecule has 8 heteroatoms. The number of hydrogen-bond donors (Lipinski definition) is 2. The van der Waals surface area contributed by atoms with E-state index in [-0.39, 0.29) is 24.4 Å². The molecule has 1 heterocycles. The minimum absolute atomic E-state index is 0.0403. The molecular weight excluding hydrogens is 396 g/mol. The largest absolute Gasteiger partial charge is 0.458 e. The van der Waals surface area contributed by atoms with Crippen molar-refractivity contribution < 1.29 is 31.8 Å². The minimum atomic E-state index is -4.68. The second-order valence-electron chi connectivity index (χ2n) is 7.38. The Balaban J connectivity index is 2.78. The van der Waals surface area contributed by atoms with Crippen molar-refractivity contribution in [2.24, 2.45) is 17.8 Å². The Kier molecular flexibility index (Phi) is 10.5. The fourth-order valence-electron chi connectivity index (χ4n) is 3.21. The van der Waals surface area contributed by atoms with Gasteiger partial charge in [0.1, 0.15) is 6.10 Å². The number of carbonyl (C=O) groups excluding carboxylic acids is 1. The lowest BCUT2D eigenvalue weighted by Crippen LogP contribution is -2.36. The first-order valence-corrected chi connectivity index (χ1v) is 11.1. The third-order valence-electron chi connectivity index (χ3n) is 4.98. The first-order chi connectivity index (χ1) is 13.5. The van der Waals surface area contributed by atoms with E-state index in [1.807, 2.05) is 32.9 Å². The average molecular weight is 429 g/mol. The maximum Gasteiger partial charge on any atom is 0.397 e. The van der Waals surface area contributed by atoms with Gasteiger partial charge < -0.3 is 9.84 Å². The third-order valence-corrected chi connectivity index (χ3v) is 5.47. The zero-order valence-electron chi connectivity index (χ0n) is 17.3. The second-order valence-corrected chi connectivity index (χ2v) is 8.43. The summed E-state index contributed by atoms with van der Waals surface area (Å²) < 4.78 is 41.9. The Labute approximate surface area is 173 Å². The summed E-state index contributed by atoms with van der Waals surface area (Å²) in [5.41, 5.74) is 0. The maximum atomic E-state index is 11.5. The van der Waals surface area contributed by atoms with E-state index in [0.717, 1.165) is 0 Å². The molecule has 1 aliphatic heterocycles. The highest BCUT2D eigenvalue weighted by Gasteiger charge is 2.32. The maximum absolute atomic E-state index is 11.5. The molecule has 6 atom stereocenters. The van der Waals surface area contributed by atoms with Gasteiger partial charge in [-0.25, -0.2) is 8.98 Å². The predicted molar refractivity (Wildman–Crippen MR) is 111 cm³/mol. The summed E-state index contributed by atoms with van der Waals surface area (Å²) in [5.74, 6) is -1.01. The highest BCUT2D eigenvalue weighted by Crippen LogP contribution is 2.28. The molecular formula is C21H32O7S. The Bertz CT molecular complexity index is 736. The number of aliphatic hydroxyl groups is 1. The first-order valence-electron chi connectivity index (χ1n) is 9.73. The number of carbonyl (C=O) groups is 1. The van der Waals surface area contributed by atoms with Crippen LogP contribution in [0.2, 0.25) is 0 Å². The molecule has 164 valence electrons. The Morgan fingerprint density at radius 1 is 1.21 bits per heavy atom. The van der Waals surface area contributed by atoms with Gasteiger partial charge in [-0.15, -0.1) is 0 Å². The van der Waals surface area contributed by atoms with Gasteiger partial charge in [0.15, 0.2) is 0 Å². The van der Waals surface area contributed by atoms with E-state index in [4.69, 9.17) is 13.5 Å². The van der Waals surface area contributed by atoms with Crippen molar-refractivity contribution in [1.29, 1.82) is 0 Å². The van der Waals surface area contributed by atoms with Crippen LogP contribution < -0.4 is 0 Å². The van der Waals surface area contributed by atoms with Crippen molar-refractivity contribution in [1.82, 2.24) is 0 Å². The molecule has 1 aliphatic rings. The van der Waals surface area contributed by atoms with Crippen molar-refractivity contribution in [3.8, 4) is 0 Å². The van der Waals surface area contributed by atoms with E-state index in [0.29, 0.717) is 6.42 Å². The van der Waals surface area contributed by atoms with E-state index in [1.165, 1.54) is 12.2 Å². The molecule has 0 saturated carbocycles. The molecule has 0 amide bonds. The number of allylic oxidation sites excluding steroid dienone is 5. The summed E-state index contributed by atoms with van der Waals surface area (Å²) >= 11 is 0. The number of cyclic esters (lactones) is 1. The number of ether oxygens (including phenoxy) is 1. The van der Waals surface area contributed by atoms with Crippen LogP contribution in [0.15, 0.2) is 48.6 Å². The molecule has 0 aromatic heterocycles. The zero-order valence-corrected chi connectivity index (χ0v) is 18.2. The van der Waals surface area contributed by atoms with Crippen molar-refractivity contribution in [2.45, 2.75) is 58.8 Å². The zero-order chi connectivity index (χ0) is 22.0. The number of aliphatic hydroxyl groups excluding tert-OH is 1. The average Bonchev–Trinajstić information content (AvgIpc) is 2.64. The molecule has 29 heavy (non-hydrogen) atoms. The standard InChI is InChI=1S/C21H32O7S/c1-5-6-7-8-9-10-18(22)17(4)19(28-29(24,25)26)13-11-15(2)21-16(3)12-14-20(23)27-21/h5-10,12,14-19,21-22H,11,13H2,1-4H3,(H,24,25,26)/b6-5+,8-7-,10-9-/t15-,16-,17-,18-,19-,21-/m0/s1. The van der Waals surface area contributed by atoms with Crippen LogP contribution in [-0.2, 0) is 24.1 Å². The lowest BCUT2D eigenvalue weighted by molar-refractivity contribution is -0.149. The number of hydrogen-bond acceptors (Lipinski definition) is 6. The van der Waals surface area contributed by atoms with Crippen molar-refractivity contribution >= 4 is 16.4 Å². The van der Waals surface area contributed by atoms with Crippen molar-refractivity contribution in [3.05, 3.63) is 48.6 Å². The fraction of sp³-hybridized carbons (Fsp3) is 0.571. The van der Waals surface area contributed by atoms with Gasteiger partial charge in [0.05, 0.1) is 12.2 Å². The van der Waals surface area contributed by atoms with Crippen LogP contribution in [0.4, 0.5) is 0 Å². The molecule has 0 fully saturated rings. The molecule has 2 N–H and O–H groups in total. The molecule has 0 spiro atoms. The summed E-state index contributed by atoms with van der Waals surface area (Å²) in [6.07, 6.45) is 12.1. The summed E-state index contributed by atoms with van der Waals surface area (Å²) in [6.45, 7) is 7.38. The fourth-order valence-corrected chi connectivity index (χ4v) is 3.80. The van der Waals surface area contributed by atoms with Crippen molar-refractivity contribution in [3.63, 3.8) is 0 Å². The summed E-state index contributed by atoms with van der Waals surface area (Å²) in [4.78, 5) is 11.5. The Morgan fingerprint density at radius 2 is 1.86 bits per heavy atom. The van der Waals surface area contributed by atoms with E-state index < -0.39 is 34.5 Å². The van der Waals surface area contributed by atoms with Gasteiger partial charge in [-0.05, 0) is 25.7 Å². The minimum Gasteiger partial charge on any atom is -0.458 e. The molecule has 1 rings (SSSR count). The van der Waals surface area contributed by atoms with E-state index >= 15 is 0 Å². The predicted octanol–water partition coefficient (Wildman–Crippen LogP) is 3.39. The van der Waals surface area contributed by atoms with E-state index in [2.05, 4.69) is 0 Å². The smallest absolute Gasteiger partial charge is 0.397 e. The number of rotatable bonds is 11. The highest BCUT2D eigenvalue weighted by molar-refractivity contribution is 7.80. The van der Waals surface area contributed by atoms with Crippen LogP contribution in [0.1, 0.15) is 40.5 Å². The number of esters is 1. The molecule has 0 aromatic rings. The van der Waals surface area contributed by atoms with Crippen LogP contribution in [0.25, 0.3) is 0 Å². The summed E-state index contributed by atoms with van der Waals surface area (Å²) in [5, 5.41) is 10.4. The topological polar surface area (TPSA) is 110 Å². The Hall–Kier alpha value is -1.74. The summed E-state index contributed by atoms with van der Waals surface area (Å²) in [7, 11) is -4.68. The molecule has 0 unspecified atom stereocenters. The molecule has 0 aromatic carbocycles. The normalized spacial score (nSPS) is 24.8. The SMILES string of the molecule is C/C=C/C=C\C=C/[C@H](O)[C@H](C)[C@H](CC[C@H](C)[C@@H]1OC(=O)C=C[C@@H]1C)OS(=O)(=O)O. The van der Waals surface area contributed by atoms with Gasteiger partial charge >= 0.3 is 16.4 Å². The van der Waals surface area contributed by atoms with E-state index in [9.17, 15) is 18.3 Å².